The number of aliphatic hydroxyl groups excluding tert-OH is 1. The third-order valence-corrected chi connectivity index (χ3v) is 28.0. The van der Waals surface area contributed by atoms with Gasteiger partial charge in [0.2, 0.25) is 53.2 Å². The highest BCUT2D eigenvalue weighted by Crippen LogP contribution is 2.50. The molecule has 4 heterocycles. The lowest BCUT2D eigenvalue weighted by Crippen LogP contribution is -2.63. The van der Waals surface area contributed by atoms with Crippen molar-refractivity contribution in [3.05, 3.63) is 154 Å². The Morgan fingerprint density at radius 1 is 0.844 bits per heavy atom. The summed E-state index contributed by atoms with van der Waals surface area (Å²) in [5.41, 5.74) is 13.1. The first-order chi connectivity index (χ1) is 60.6. The maximum atomic E-state index is 15.2. The second-order valence-corrected chi connectivity index (χ2v) is 37.9. The minimum Gasteiger partial charge on any atom is -0.508 e. The number of esters is 1. The van der Waals surface area contributed by atoms with Crippen molar-refractivity contribution in [2.75, 3.05) is 62.8 Å². The molecule has 15 N–H and O–H groups in total. The highest BCUT2D eigenvalue weighted by molar-refractivity contribution is 8.77. The number of nitrogens with zero attached hydrogens (tertiary/aromatic N) is 2. The van der Waals surface area contributed by atoms with E-state index in [9.17, 15) is 76.4 Å². The summed E-state index contributed by atoms with van der Waals surface area (Å²) < 4.78 is 71.8. The van der Waals surface area contributed by atoms with Crippen LogP contribution in [0.3, 0.4) is 0 Å². The number of alkyl halides is 3. The normalized spacial score (nSPS) is 26.3. The summed E-state index contributed by atoms with van der Waals surface area (Å²) in [5, 5.41) is 53.5. The van der Waals surface area contributed by atoms with Crippen molar-refractivity contribution in [2.24, 2.45) is 23.3 Å². The number of ether oxygens (including phenoxy) is 5. The smallest absolute Gasteiger partial charge is 0.471 e. The molecule has 0 saturated carbocycles. The van der Waals surface area contributed by atoms with Gasteiger partial charge in [0.05, 0.1) is 37.5 Å². The number of phenols is 1. The van der Waals surface area contributed by atoms with Crippen molar-refractivity contribution in [1.29, 1.82) is 0 Å². The highest BCUT2D eigenvalue weighted by Gasteiger charge is 2.65. The van der Waals surface area contributed by atoms with Crippen LogP contribution in [0.5, 0.6) is 11.5 Å². The van der Waals surface area contributed by atoms with Gasteiger partial charge in [-0.1, -0.05) is 158 Å². The van der Waals surface area contributed by atoms with E-state index in [4.69, 9.17) is 46.8 Å². The number of fused-ring (bicyclic) bond motifs is 6. The Bertz CT molecular complexity index is 4790. The van der Waals surface area contributed by atoms with Gasteiger partial charge in [0.25, 0.3) is 0 Å². The van der Waals surface area contributed by atoms with Crippen molar-refractivity contribution in [3.8, 4) is 11.5 Å². The number of nitrogens with one attached hydrogen (secondary N) is 8. The van der Waals surface area contributed by atoms with Crippen LogP contribution in [0.4, 0.5) is 23.7 Å². The van der Waals surface area contributed by atoms with E-state index in [1.807, 2.05) is 31.2 Å². The van der Waals surface area contributed by atoms with Crippen LogP contribution in [0.2, 0.25) is 5.02 Å². The molecule has 9 rings (SSSR count). The molecule has 0 unspecified atom stereocenters. The number of likely N-dealkylation sites (N-methyl/N-ethyl adjacent to an activating group) is 1. The molecule has 41 heteroatoms. The van der Waals surface area contributed by atoms with E-state index < -0.39 is 216 Å². The fourth-order valence-electron chi connectivity index (χ4n) is 15.1. The van der Waals surface area contributed by atoms with Gasteiger partial charge in [-0.3, -0.25) is 58.1 Å². The standard InChI is InChI=1S/C87H110ClF3N12O21S4/c1-46-18-17-24-68(121-9)86(119)42-67(122-84(118)101-86)47(2)74-85(5,124-74)69(41-71(108)103(7)64-37-52(34-46)38-66(120-8)72(64)88)123-82(116)48(3)102(6)70(107)31-33-125-126-44-62(75(93)109)97-80(114)63-45-128-127-43-61(96-78(112)59(99-83(117)87(89,90)91)36-50-19-11-10-12-20-50)65(106)40-55(35-51-25-29-56(105)30-26-51)76(110)95-60(39-54-28-27-53-21-13-14-22-57(53)54)79(113)94-58(23-15-16-32-92)77(111)100-73(49(4)104)81(115)98-63/h10-14,17-22,24-26,28-30,37-38,47-49,55,58-63,67-69,73-74,104-105,119H,15-16,23,27,31-36,39-45,92H2,1-9H3,(H2,93,109)(H,94,113)(H,95,110)(H,96,112)(H,97,114)(H,98,115)(H,99,117)(H,100,111)(H,101,118)/b24-17+,46-18+/t47-,48+,49-,55-,58+,59-,60-,61+,62+,63+,67+,68-,69+,73+,74+,85+,86+/m1/s1. The molecule has 696 valence electrons. The van der Waals surface area contributed by atoms with Crippen molar-refractivity contribution in [1.82, 2.24) is 47.4 Å². The number of rotatable bonds is 28. The fourth-order valence-corrected chi connectivity index (χ4v) is 20.0. The van der Waals surface area contributed by atoms with Gasteiger partial charge < -0.3 is 97.5 Å². The number of aliphatic hydroxyl groups is 2. The molecule has 4 aliphatic heterocycles. The molecule has 0 radical (unpaired) electrons. The highest BCUT2D eigenvalue weighted by atomic mass is 35.5. The van der Waals surface area contributed by atoms with E-state index in [0.717, 1.165) is 71.7 Å². The molecular formula is C87H110ClF3N12O21S4. The number of allylic oxidation sites excluding steroid dienone is 4. The third kappa shape index (κ3) is 27.8. The zero-order valence-electron chi connectivity index (χ0n) is 72.0. The molecule has 128 heavy (non-hydrogen) atoms. The second kappa shape index (κ2) is 46.6. The number of alkyl carbamates (subject to hydrolysis) is 1. The lowest BCUT2D eigenvalue weighted by Gasteiger charge is -2.42. The number of carbonyl (C=O) groups is 13. The average molecular weight is 1880 g/mol. The first-order valence-corrected chi connectivity index (χ1v) is 46.8. The molecule has 17 atom stereocenters. The van der Waals surface area contributed by atoms with Crippen molar-refractivity contribution in [3.63, 3.8) is 0 Å². The quantitative estimate of drug-likeness (QED) is 0.0146. The summed E-state index contributed by atoms with van der Waals surface area (Å²) >= 11 is 6.89. The number of unbranched alkanes of at least 4 members (excludes halogenated alkanes) is 1. The van der Waals surface area contributed by atoms with E-state index in [-0.39, 0.29) is 78.8 Å². The number of primary amides is 1. The maximum Gasteiger partial charge on any atom is 0.471 e. The largest absolute Gasteiger partial charge is 0.508 e. The fraction of sp³-hybridized carbons (Fsp3) is 0.506. The summed E-state index contributed by atoms with van der Waals surface area (Å²) in [7, 11) is 9.23. The minimum absolute atomic E-state index is 0.0166. The van der Waals surface area contributed by atoms with E-state index in [1.54, 1.807) is 61.7 Å². The number of nitrogens with two attached hydrogens (primary N) is 2. The van der Waals surface area contributed by atoms with Gasteiger partial charge >= 0.3 is 24.1 Å². The zero-order chi connectivity index (χ0) is 93.6. The predicted octanol–water partition coefficient (Wildman–Crippen LogP) is 5.43. The average Bonchev–Trinajstić information content (AvgIpc) is 1.57. The van der Waals surface area contributed by atoms with Gasteiger partial charge in [-0.25, -0.2) is 9.59 Å². The first kappa shape index (κ1) is 102. The number of epoxide rings is 1. The summed E-state index contributed by atoms with van der Waals surface area (Å²) in [6.45, 7) is 7.90. The number of methoxy groups -OCH3 is 2. The Balaban J connectivity index is 0.936. The number of hydrogen-bond acceptors (Lipinski definition) is 26. The molecule has 3 saturated heterocycles. The maximum absolute atomic E-state index is 15.2. The Morgan fingerprint density at radius 2 is 1.53 bits per heavy atom. The number of amides is 11. The van der Waals surface area contributed by atoms with E-state index in [2.05, 4.69) is 37.2 Å². The van der Waals surface area contributed by atoms with Crippen LogP contribution in [0, 0.1) is 11.8 Å². The third-order valence-electron chi connectivity index (χ3n) is 22.8. The zero-order valence-corrected chi connectivity index (χ0v) is 76.1. The van der Waals surface area contributed by atoms with Crippen LogP contribution in [-0.2, 0) is 102 Å². The van der Waals surface area contributed by atoms with Crippen LogP contribution in [0.1, 0.15) is 114 Å². The summed E-state index contributed by atoms with van der Waals surface area (Å²) in [6.07, 6.45) is -6.96. The molecule has 3 fully saturated rings. The number of aromatic hydroxyl groups is 1. The number of halogens is 4. The van der Waals surface area contributed by atoms with Crippen LogP contribution in [-0.4, -0.2) is 251 Å². The SMILES string of the molecule is COc1cc2cc(c1Cl)N(C)C(=O)C[C@H](OC(=O)[C@H](C)N(C)C(=O)CCSSC[C@H](NC(=O)[C@@H]1CSSC[C@H](NC(=O)[C@@H](Cc3ccccc3)NC(=O)C(F)(F)F)C(=O)C[C@@H](Cc3ccc(O)cc3)C(=O)N[C@H](CC3=CCc4ccccc43)C(=O)N[C@@H](CCCCN)C(=O)N[C@@H]([C@@H](C)O)C(=O)N1)C(N)=O)[C@]1(C)O[C@H]1[C@H](C)[C@@H]1C[C@@](O)(NC(=O)O1)[C@H](OC)/C=C/C=C(\C)C2. The molecule has 33 nitrogen and oxygen atoms in total. The minimum atomic E-state index is -5.48. The molecule has 11 amide bonds. The van der Waals surface area contributed by atoms with Crippen molar-refractivity contribution in [2.45, 2.75) is 208 Å². The number of anilines is 1. The van der Waals surface area contributed by atoms with Gasteiger partial charge in [-0.15, -0.1) is 0 Å². The second-order valence-electron chi connectivity index (χ2n) is 32.3. The Hall–Kier alpha value is -9.91. The van der Waals surface area contributed by atoms with Gasteiger partial charge in [0.15, 0.2) is 11.5 Å². The number of carbonyl (C=O) groups excluding carboxylic acids is 13. The van der Waals surface area contributed by atoms with Gasteiger partial charge in [-0.05, 0) is 130 Å². The topological polar surface area (TPSA) is 487 Å². The number of hydrogen-bond donors (Lipinski definition) is 13. The monoisotopic (exact) mass is 1880 g/mol. The lowest BCUT2D eigenvalue weighted by molar-refractivity contribution is -0.174. The first-order valence-electron chi connectivity index (χ1n) is 41.5. The Morgan fingerprint density at radius 3 is 2.21 bits per heavy atom. The van der Waals surface area contributed by atoms with E-state index in [0.29, 0.717) is 41.5 Å². The number of ketones is 1. The summed E-state index contributed by atoms with van der Waals surface area (Å²) in [6, 6.07) is 10.7. The lowest BCUT2D eigenvalue weighted by atomic mass is 9.83. The van der Waals surface area contributed by atoms with E-state index in [1.165, 1.54) is 88.7 Å². The molecule has 5 aliphatic rings. The molecule has 4 bridgehead atoms. The van der Waals surface area contributed by atoms with Gasteiger partial charge in [0, 0.05) is 88.2 Å². The van der Waals surface area contributed by atoms with Crippen LogP contribution >= 0.6 is 54.8 Å². The molecule has 4 aromatic carbocycles. The molecular weight excluding hydrogens is 1770 g/mol. The molecule has 0 spiro atoms. The van der Waals surface area contributed by atoms with Gasteiger partial charge in [0.1, 0.15) is 82.7 Å². The van der Waals surface area contributed by atoms with Crippen LogP contribution < -0.4 is 63.6 Å². The number of Topliss-reactive ketones (excluding diaryl/α,β-unsaturated/α-hetero) is 1. The summed E-state index contributed by atoms with van der Waals surface area (Å²) in [5.74, 6) is -16.2. The Labute approximate surface area is 759 Å². The van der Waals surface area contributed by atoms with Crippen molar-refractivity contribution < 1.29 is 115 Å². The molecule has 0 aromatic heterocycles. The predicted molar refractivity (Wildman–Crippen MR) is 477 cm³/mol. The Kier molecular flexibility index (Phi) is 37.0. The van der Waals surface area contributed by atoms with Crippen LogP contribution in [0.25, 0.3) is 5.57 Å². The number of phenolic OH excluding ortho intramolecular Hbond substituents is 1. The molecule has 1 aliphatic carbocycles. The summed E-state index contributed by atoms with van der Waals surface area (Å²) in [4.78, 5) is 189. The van der Waals surface area contributed by atoms with Crippen molar-refractivity contribution >= 4 is 143 Å². The number of benzene rings is 4. The molecule has 4 aromatic rings. The van der Waals surface area contributed by atoms with Crippen LogP contribution in [0.15, 0.2) is 121 Å². The van der Waals surface area contributed by atoms with E-state index >= 15 is 14.4 Å². The van der Waals surface area contributed by atoms with Gasteiger partial charge in [-0.2, -0.15) is 13.2 Å².